The van der Waals surface area contributed by atoms with Gasteiger partial charge in [0.15, 0.2) is 0 Å². The predicted molar refractivity (Wildman–Crippen MR) is 100 cm³/mol. The van der Waals surface area contributed by atoms with E-state index in [-0.39, 0.29) is 19.0 Å². The molecule has 0 amide bonds. The van der Waals surface area contributed by atoms with Crippen LogP contribution in [0.25, 0.3) is 0 Å². The lowest BCUT2D eigenvalue weighted by molar-refractivity contribution is -0.162. The Kier molecular flexibility index (Phi) is 6.81. The molecule has 0 saturated heterocycles. The van der Waals surface area contributed by atoms with Gasteiger partial charge in [-0.2, -0.15) is 0 Å². The van der Waals surface area contributed by atoms with Crippen molar-refractivity contribution in [3.63, 3.8) is 0 Å². The Labute approximate surface area is 156 Å². The highest BCUT2D eigenvalue weighted by Gasteiger charge is 2.45. The molecule has 2 rings (SSSR count). The molecule has 26 heavy (non-hydrogen) atoms. The van der Waals surface area contributed by atoms with Crippen molar-refractivity contribution in [2.24, 2.45) is 11.1 Å². The third-order valence-corrected chi connectivity index (χ3v) is 4.91. The maximum atomic E-state index is 12.5. The van der Waals surface area contributed by atoms with Gasteiger partial charge in [-0.15, -0.1) is 0 Å². The fraction of sp³-hybridized carbons (Fsp3) is 0.619. The second kappa shape index (κ2) is 8.67. The summed E-state index contributed by atoms with van der Waals surface area (Å²) in [4.78, 5) is 25.0. The van der Waals surface area contributed by atoms with E-state index in [2.05, 4.69) is 0 Å². The summed E-state index contributed by atoms with van der Waals surface area (Å²) in [6, 6.07) is 8.74. The molecule has 1 unspecified atom stereocenters. The van der Waals surface area contributed by atoms with E-state index in [1.165, 1.54) is 0 Å². The first-order chi connectivity index (χ1) is 12.2. The third kappa shape index (κ3) is 5.84. The zero-order valence-electron chi connectivity index (χ0n) is 16.1. The first-order valence-corrected chi connectivity index (χ1v) is 9.40. The minimum atomic E-state index is -0.814. The number of rotatable bonds is 6. The average Bonchev–Trinajstić information content (AvgIpc) is 2.59. The molecule has 0 heterocycles. The number of hydrogen-bond acceptors (Lipinski definition) is 5. The molecule has 1 aromatic carbocycles. The molecule has 0 aliphatic heterocycles. The summed E-state index contributed by atoms with van der Waals surface area (Å²) in [5.74, 6) is -0.745. The Morgan fingerprint density at radius 2 is 1.73 bits per heavy atom. The second-order valence-corrected chi connectivity index (χ2v) is 8.26. The SMILES string of the molecule is CC(C)(C)OC(=O)C(N)C1(CC(=O)OCc2ccccc2)CCCCC1. The largest absolute Gasteiger partial charge is 0.461 e. The fourth-order valence-corrected chi connectivity index (χ4v) is 3.55. The Balaban J connectivity index is 2.03. The number of hydrogen-bond donors (Lipinski definition) is 1. The van der Waals surface area contributed by atoms with E-state index >= 15 is 0 Å². The van der Waals surface area contributed by atoms with Crippen LogP contribution in [-0.2, 0) is 25.7 Å². The fourth-order valence-electron chi connectivity index (χ4n) is 3.55. The monoisotopic (exact) mass is 361 g/mol. The van der Waals surface area contributed by atoms with E-state index in [0.29, 0.717) is 0 Å². The Hall–Kier alpha value is -1.88. The topological polar surface area (TPSA) is 78.6 Å². The van der Waals surface area contributed by atoms with Gasteiger partial charge in [0.2, 0.25) is 0 Å². The maximum Gasteiger partial charge on any atom is 0.324 e. The lowest BCUT2D eigenvalue weighted by atomic mass is 9.67. The summed E-state index contributed by atoms with van der Waals surface area (Å²) in [7, 11) is 0. The standard InChI is InChI=1S/C21H31NO4/c1-20(2,3)26-19(24)18(22)21(12-8-5-9-13-21)14-17(23)25-15-16-10-6-4-7-11-16/h4,6-7,10-11,18H,5,8-9,12-15,22H2,1-3H3. The number of ether oxygens (including phenoxy) is 2. The van der Waals surface area contributed by atoms with Crippen LogP contribution in [0.2, 0.25) is 0 Å². The molecule has 1 aliphatic rings. The Morgan fingerprint density at radius 3 is 2.31 bits per heavy atom. The van der Waals surface area contributed by atoms with Crippen LogP contribution in [0, 0.1) is 5.41 Å². The molecular formula is C21H31NO4. The Bertz CT molecular complexity index is 600. The maximum absolute atomic E-state index is 12.5. The number of esters is 2. The van der Waals surface area contributed by atoms with Crippen molar-refractivity contribution in [2.75, 3.05) is 0 Å². The summed E-state index contributed by atoms with van der Waals surface area (Å²) < 4.78 is 10.9. The molecule has 5 heteroatoms. The summed E-state index contributed by atoms with van der Waals surface area (Å²) in [5, 5.41) is 0. The van der Waals surface area contributed by atoms with E-state index in [4.69, 9.17) is 15.2 Å². The predicted octanol–water partition coefficient (Wildman–Crippen LogP) is 3.74. The summed E-state index contributed by atoms with van der Waals surface area (Å²) >= 11 is 0. The average molecular weight is 361 g/mol. The molecule has 5 nitrogen and oxygen atoms in total. The normalized spacial score (nSPS) is 18.0. The molecule has 1 fully saturated rings. The van der Waals surface area contributed by atoms with E-state index in [0.717, 1.165) is 37.7 Å². The van der Waals surface area contributed by atoms with Crippen LogP contribution in [-0.4, -0.2) is 23.6 Å². The molecule has 1 aliphatic carbocycles. The van der Waals surface area contributed by atoms with Gasteiger partial charge >= 0.3 is 11.9 Å². The van der Waals surface area contributed by atoms with E-state index in [1.54, 1.807) is 0 Å². The van der Waals surface area contributed by atoms with E-state index < -0.39 is 23.0 Å². The first kappa shape index (κ1) is 20.4. The van der Waals surface area contributed by atoms with Crippen LogP contribution >= 0.6 is 0 Å². The molecule has 1 atom stereocenters. The number of benzene rings is 1. The molecular weight excluding hydrogens is 330 g/mol. The zero-order chi connectivity index (χ0) is 19.2. The highest BCUT2D eigenvalue weighted by Crippen LogP contribution is 2.42. The molecule has 1 aromatic rings. The number of carbonyl (C=O) groups excluding carboxylic acids is 2. The van der Waals surface area contributed by atoms with Gasteiger partial charge in [0.05, 0.1) is 6.42 Å². The van der Waals surface area contributed by atoms with Crippen molar-refractivity contribution in [1.29, 1.82) is 0 Å². The van der Waals surface area contributed by atoms with Crippen molar-refractivity contribution in [3.8, 4) is 0 Å². The van der Waals surface area contributed by atoms with Gasteiger partial charge in [-0.1, -0.05) is 49.6 Å². The van der Waals surface area contributed by atoms with Crippen LogP contribution in [0.5, 0.6) is 0 Å². The smallest absolute Gasteiger partial charge is 0.324 e. The highest BCUT2D eigenvalue weighted by atomic mass is 16.6. The third-order valence-electron chi connectivity index (χ3n) is 4.91. The lowest BCUT2D eigenvalue weighted by Gasteiger charge is -2.40. The minimum absolute atomic E-state index is 0.153. The van der Waals surface area contributed by atoms with Crippen LogP contribution < -0.4 is 5.73 Å². The van der Waals surface area contributed by atoms with Gasteiger partial charge in [-0.25, -0.2) is 0 Å². The summed E-state index contributed by atoms with van der Waals surface area (Å²) in [5.41, 5.74) is 6.07. The van der Waals surface area contributed by atoms with Crippen LogP contribution in [0.4, 0.5) is 0 Å². The molecule has 0 spiro atoms. The summed E-state index contributed by atoms with van der Waals surface area (Å²) in [6.07, 6.45) is 4.66. The highest BCUT2D eigenvalue weighted by molar-refractivity contribution is 5.79. The van der Waals surface area contributed by atoms with Gasteiger partial charge in [-0.05, 0) is 39.2 Å². The van der Waals surface area contributed by atoms with Gasteiger partial charge in [0.1, 0.15) is 18.2 Å². The first-order valence-electron chi connectivity index (χ1n) is 9.40. The van der Waals surface area contributed by atoms with E-state index in [1.807, 2.05) is 51.1 Å². The zero-order valence-corrected chi connectivity index (χ0v) is 16.1. The molecule has 0 radical (unpaired) electrons. The minimum Gasteiger partial charge on any atom is -0.461 e. The molecule has 0 aromatic heterocycles. The number of carbonyl (C=O) groups is 2. The molecule has 0 bridgehead atoms. The Morgan fingerprint density at radius 1 is 1.12 bits per heavy atom. The molecule has 144 valence electrons. The van der Waals surface area contributed by atoms with Gasteiger partial charge < -0.3 is 15.2 Å². The second-order valence-electron chi connectivity index (χ2n) is 8.26. The van der Waals surface area contributed by atoms with Crippen molar-refractivity contribution >= 4 is 11.9 Å². The van der Waals surface area contributed by atoms with Gasteiger partial charge in [0, 0.05) is 5.41 Å². The van der Waals surface area contributed by atoms with Crippen LogP contribution in [0.15, 0.2) is 30.3 Å². The number of nitrogens with two attached hydrogens (primary N) is 1. The molecule has 2 N–H and O–H groups in total. The van der Waals surface area contributed by atoms with Crippen molar-refractivity contribution in [3.05, 3.63) is 35.9 Å². The van der Waals surface area contributed by atoms with Gasteiger partial charge in [-0.3, -0.25) is 9.59 Å². The van der Waals surface area contributed by atoms with Crippen molar-refractivity contribution in [1.82, 2.24) is 0 Å². The van der Waals surface area contributed by atoms with Crippen molar-refractivity contribution < 1.29 is 19.1 Å². The summed E-state index contributed by atoms with van der Waals surface area (Å²) in [6.45, 7) is 5.69. The van der Waals surface area contributed by atoms with Crippen LogP contribution in [0.1, 0.15) is 64.9 Å². The quantitative estimate of drug-likeness (QED) is 0.781. The van der Waals surface area contributed by atoms with Crippen molar-refractivity contribution in [2.45, 2.75) is 77.5 Å². The van der Waals surface area contributed by atoms with Gasteiger partial charge in [0.25, 0.3) is 0 Å². The lowest BCUT2D eigenvalue weighted by Crippen LogP contribution is -2.51. The van der Waals surface area contributed by atoms with Crippen LogP contribution in [0.3, 0.4) is 0 Å². The molecule has 1 saturated carbocycles. The van der Waals surface area contributed by atoms with E-state index in [9.17, 15) is 9.59 Å².